The summed E-state index contributed by atoms with van der Waals surface area (Å²) in [4.78, 5) is 33.4. The van der Waals surface area contributed by atoms with Crippen LogP contribution in [0.5, 0.6) is 0 Å². The van der Waals surface area contributed by atoms with Gasteiger partial charge in [0.05, 0.1) is 0 Å². The standard InChI is InChI=1S/C11H16O6Se/c1-6(12)16-5-10-9(15-3)4-8(14)11(18-10)17-7(2)13/h9-11H,4-5H2,1-3H3. The molecule has 7 heteroatoms. The van der Waals surface area contributed by atoms with Gasteiger partial charge in [0.1, 0.15) is 0 Å². The number of hydrogen-bond donors (Lipinski definition) is 0. The molecule has 0 aliphatic carbocycles. The van der Waals surface area contributed by atoms with E-state index in [-0.39, 0.29) is 50.7 Å². The van der Waals surface area contributed by atoms with E-state index in [0.717, 1.165) is 0 Å². The van der Waals surface area contributed by atoms with Crippen LogP contribution in [0.25, 0.3) is 0 Å². The molecule has 3 atom stereocenters. The third-order valence-electron chi connectivity index (χ3n) is 2.40. The Bertz CT molecular complexity index is 342. The van der Waals surface area contributed by atoms with Crippen LogP contribution in [0.4, 0.5) is 0 Å². The molecule has 0 bridgehead atoms. The predicted molar refractivity (Wildman–Crippen MR) is 62.1 cm³/mol. The number of Topliss-reactive ketones (excluding diaryl/α,β-unsaturated/α-hetero) is 1. The molecule has 1 aliphatic heterocycles. The van der Waals surface area contributed by atoms with Crippen molar-refractivity contribution in [2.75, 3.05) is 13.7 Å². The molecule has 1 fully saturated rings. The van der Waals surface area contributed by atoms with E-state index < -0.39 is 11.0 Å². The molecular formula is C11H16O6Se. The van der Waals surface area contributed by atoms with Crippen molar-refractivity contribution in [1.29, 1.82) is 0 Å². The Balaban J connectivity index is 2.64. The molecule has 1 rings (SSSR count). The van der Waals surface area contributed by atoms with Crippen molar-refractivity contribution in [1.82, 2.24) is 0 Å². The summed E-state index contributed by atoms with van der Waals surface area (Å²) in [7, 11) is 1.51. The molecule has 0 aromatic carbocycles. The van der Waals surface area contributed by atoms with Gasteiger partial charge < -0.3 is 0 Å². The van der Waals surface area contributed by atoms with Gasteiger partial charge in [-0.3, -0.25) is 0 Å². The minimum absolute atomic E-state index is 0.0755. The molecule has 0 amide bonds. The summed E-state index contributed by atoms with van der Waals surface area (Å²) >= 11 is -0.295. The second kappa shape index (κ2) is 6.87. The summed E-state index contributed by atoms with van der Waals surface area (Å²) in [6.45, 7) is 2.79. The molecule has 1 heterocycles. The van der Waals surface area contributed by atoms with Gasteiger partial charge in [0.2, 0.25) is 0 Å². The van der Waals surface area contributed by atoms with E-state index in [1.807, 2.05) is 0 Å². The van der Waals surface area contributed by atoms with Crippen LogP contribution >= 0.6 is 0 Å². The number of methoxy groups -OCH3 is 1. The number of ketones is 1. The zero-order valence-electron chi connectivity index (χ0n) is 10.5. The van der Waals surface area contributed by atoms with Gasteiger partial charge in [-0.15, -0.1) is 0 Å². The number of carbonyl (C=O) groups is 3. The van der Waals surface area contributed by atoms with Crippen molar-refractivity contribution in [2.24, 2.45) is 0 Å². The van der Waals surface area contributed by atoms with Crippen LogP contribution in [0.15, 0.2) is 0 Å². The molecule has 0 aromatic heterocycles. The van der Waals surface area contributed by atoms with Crippen LogP contribution in [0.3, 0.4) is 0 Å². The average molecular weight is 323 g/mol. The van der Waals surface area contributed by atoms with E-state index >= 15 is 0 Å². The first-order valence-electron chi connectivity index (χ1n) is 5.45. The molecule has 0 radical (unpaired) electrons. The van der Waals surface area contributed by atoms with Gasteiger partial charge in [-0.1, -0.05) is 0 Å². The third kappa shape index (κ3) is 4.40. The molecule has 0 N–H and O–H groups in total. The number of esters is 2. The summed E-state index contributed by atoms with van der Waals surface area (Å²) in [6, 6.07) is 0. The average Bonchev–Trinajstić information content (AvgIpc) is 2.28. The Morgan fingerprint density at radius 3 is 2.50 bits per heavy atom. The SMILES string of the molecule is COC1CC(=O)C(OC(C)=O)[Se]C1COC(C)=O. The first-order chi connectivity index (χ1) is 8.43. The molecule has 1 aliphatic rings. The maximum absolute atomic E-state index is 11.7. The van der Waals surface area contributed by atoms with Crippen LogP contribution in [0, 0.1) is 0 Å². The fourth-order valence-electron chi connectivity index (χ4n) is 1.57. The van der Waals surface area contributed by atoms with Crippen LogP contribution < -0.4 is 0 Å². The van der Waals surface area contributed by atoms with Crippen molar-refractivity contribution in [3.63, 3.8) is 0 Å². The van der Waals surface area contributed by atoms with Gasteiger partial charge in [0.15, 0.2) is 0 Å². The Labute approximate surface area is 111 Å². The van der Waals surface area contributed by atoms with Crippen molar-refractivity contribution < 1.29 is 28.6 Å². The number of ether oxygens (including phenoxy) is 3. The predicted octanol–water partition coefficient (Wildman–Crippen LogP) is -0.0808. The van der Waals surface area contributed by atoms with E-state index in [4.69, 9.17) is 14.2 Å². The van der Waals surface area contributed by atoms with E-state index in [1.54, 1.807) is 0 Å². The van der Waals surface area contributed by atoms with Gasteiger partial charge in [-0.25, -0.2) is 0 Å². The van der Waals surface area contributed by atoms with E-state index in [1.165, 1.54) is 21.0 Å². The quantitative estimate of drug-likeness (QED) is 0.532. The van der Waals surface area contributed by atoms with Crippen molar-refractivity contribution in [3.8, 4) is 0 Å². The van der Waals surface area contributed by atoms with Gasteiger partial charge in [0, 0.05) is 0 Å². The first kappa shape index (κ1) is 15.1. The molecule has 6 nitrogen and oxygen atoms in total. The minimum atomic E-state index is -0.693. The second-order valence-electron chi connectivity index (χ2n) is 3.86. The molecule has 3 unspecified atom stereocenters. The molecule has 0 saturated carbocycles. The number of carbonyl (C=O) groups excluding carboxylic acids is 3. The second-order valence-corrected chi connectivity index (χ2v) is 6.60. The Morgan fingerprint density at radius 1 is 1.33 bits per heavy atom. The summed E-state index contributed by atoms with van der Waals surface area (Å²) in [5.74, 6) is -0.977. The number of rotatable bonds is 4. The summed E-state index contributed by atoms with van der Waals surface area (Å²) in [5.41, 5.74) is 0. The van der Waals surface area contributed by atoms with Crippen molar-refractivity contribution in [3.05, 3.63) is 0 Å². The summed E-state index contributed by atoms with van der Waals surface area (Å²) < 4.78 is 15.1. The fraction of sp³-hybridized carbons (Fsp3) is 0.727. The zero-order valence-corrected chi connectivity index (χ0v) is 12.2. The van der Waals surface area contributed by atoms with Crippen LogP contribution in [0.2, 0.25) is 4.82 Å². The van der Waals surface area contributed by atoms with Gasteiger partial charge >= 0.3 is 111 Å². The van der Waals surface area contributed by atoms with Gasteiger partial charge in [-0.05, 0) is 0 Å². The van der Waals surface area contributed by atoms with Crippen molar-refractivity contribution >= 4 is 32.7 Å². The molecule has 102 valence electrons. The molecule has 18 heavy (non-hydrogen) atoms. The van der Waals surface area contributed by atoms with E-state index in [2.05, 4.69) is 0 Å². The normalized spacial score (nSPS) is 27.7. The van der Waals surface area contributed by atoms with Crippen molar-refractivity contribution in [2.45, 2.75) is 36.2 Å². The topological polar surface area (TPSA) is 78.9 Å². The molecule has 1 saturated heterocycles. The molecule has 0 aromatic rings. The maximum atomic E-state index is 11.7. The van der Waals surface area contributed by atoms with Crippen LogP contribution in [0.1, 0.15) is 20.3 Å². The van der Waals surface area contributed by atoms with E-state index in [9.17, 15) is 14.4 Å². The summed E-state index contributed by atoms with van der Waals surface area (Å²) in [5, 5.41) is -0.693. The zero-order chi connectivity index (χ0) is 13.7. The van der Waals surface area contributed by atoms with Crippen LogP contribution in [-0.4, -0.2) is 57.5 Å². The Morgan fingerprint density at radius 2 is 2.00 bits per heavy atom. The van der Waals surface area contributed by atoms with Gasteiger partial charge in [-0.2, -0.15) is 0 Å². The monoisotopic (exact) mass is 324 g/mol. The first-order valence-corrected chi connectivity index (χ1v) is 7.43. The van der Waals surface area contributed by atoms with Gasteiger partial charge in [0.25, 0.3) is 0 Å². The molecule has 0 spiro atoms. The fourth-order valence-corrected chi connectivity index (χ4v) is 4.27. The third-order valence-corrected chi connectivity index (χ3v) is 5.33. The van der Waals surface area contributed by atoms with E-state index in [0.29, 0.717) is 0 Å². The Hall–Kier alpha value is -0.911. The molecular weight excluding hydrogens is 307 g/mol. The Kier molecular flexibility index (Phi) is 5.78. The number of hydrogen-bond acceptors (Lipinski definition) is 6. The summed E-state index contributed by atoms with van der Waals surface area (Å²) in [6.07, 6.45) is -0.0917. The van der Waals surface area contributed by atoms with Crippen LogP contribution in [-0.2, 0) is 28.6 Å².